The van der Waals surface area contributed by atoms with E-state index in [9.17, 15) is 4.79 Å². The van der Waals surface area contributed by atoms with Gasteiger partial charge in [0.05, 0.1) is 6.61 Å². The van der Waals surface area contributed by atoms with Crippen LogP contribution in [0.4, 0.5) is 0 Å². The molecule has 0 aliphatic rings. The van der Waals surface area contributed by atoms with Crippen LogP contribution in [0, 0.1) is 6.92 Å². The predicted molar refractivity (Wildman–Crippen MR) is 70.5 cm³/mol. The smallest absolute Gasteiger partial charge is 0.251 e. The van der Waals surface area contributed by atoms with Gasteiger partial charge < -0.3 is 10.1 Å². The Labute approximate surface area is 110 Å². The van der Waals surface area contributed by atoms with Crippen LogP contribution in [-0.4, -0.2) is 36.0 Å². The Kier molecular flexibility index (Phi) is 6.15. The van der Waals surface area contributed by atoms with Gasteiger partial charge in [0, 0.05) is 35.9 Å². The van der Waals surface area contributed by atoms with Gasteiger partial charge in [-0.2, -0.15) is 0 Å². The number of carbonyl (C=O) groups excluding carboxylic acids is 1. The minimum atomic E-state index is -0.0624. The number of hydrogen-bond acceptors (Lipinski definition) is 3. The van der Waals surface area contributed by atoms with Gasteiger partial charge in [-0.05, 0) is 25.5 Å². The third-order valence-corrected chi connectivity index (χ3v) is 2.97. The highest BCUT2D eigenvalue weighted by atomic mass is 79.9. The number of carbonyl (C=O) groups is 1. The van der Waals surface area contributed by atoms with Gasteiger partial charge in [-0.15, -0.1) is 0 Å². The summed E-state index contributed by atoms with van der Waals surface area (Å²) in [4.78, 5) is 16.1. The van der Waals surface area contributed by atoms with Crippen LogP contribution in [0.1, 0.15) is 22.5 Å². The highest BCUT2D eigenvalue weighted by molar-refractivity contribution is 9.09. The van der Waals surface area contributed by atoms with Gasteiger partial charge in [-0.25, -0.2) is 0 Å². The van der Waals surface area contributed by atoms with E-state index in [1.165, 1.54) is 0 Å². The Morgan fingerprint density at radius 3 is 3.06 bits per heavy atom. The van der Waals surface area contributed by atoms with Crippen molar-refractivity contribution in [3.63, 3.8) is 0 Å². The fourth-order valence-corrected chi connectivity index (χ4v) is 1.89. The standard InChI is InChI=1S/C12H17BrN2O2/c1-9-7-10(3-5-14-9)12(16)15-6-4-11(13)8-17-2/h3,5,7,11H,4,6,8H2,1-2H3,(H,15,16). The molecule has 1 unspecified atom stereocenters. The molecule has 0 aliphatic carbocycles. The minimum Gasteiger partial charge on any atom is -0.384 e. The molecule has 0 saturated heterocycles. The van der Waals surface area contributed by atoms with Gasteiger partial charge in [0.1, 0.15) is 0 Å². The lowest BCUT2D eigenvalue weighted by Crippen LogP contribution is -2.27. The summed E-state index contributed by atoms with van der Waals surface area (Å²) in [5, 5.41) is 2.86. The topological polar surface area (TPSA) is 51.2 Å². The molecule has 0 saturated carbocycles. The second kappa shape index (κ2) is 7.40. The Balaban J connectivity index is 2.35. The molecule has 1 amide bonds. The fraction of sp³-hybridized carbons (Fsp3) is 0.500. The summed E-state index contributed by atoms with van der Waals surface area (Å²) in [6.45, 7) is 3.13. The summed E-state index contributed by atoms with van der Waals surface area (Å²) >= 11 is 3.47. The number of aryl methyl sites for hydroxylation is 1. The van der Waals surface area contributed by atoms with Crippen molar-refractivity contribution >= 4 is 21.8 Å². The largest absolute Gasteiger partial charge is 0.384 e. The Morgan fingerprint density at radius 1 is 1.65 bits per heavy atom. The zero-order chi connectivity index (χ0) is 12.7. The van der Waals surface area contributed by atoms with E-state index in [2.05, 4.69) is 26.2 Å². The molecule has 1 atom stereocenters. The van der Waals surface area contributed by atoms with E-state index in [-0.39, 0.29) is 10.7 Å². The minimum absolute atomic E-state index is 0.0624. The van der Waals surface area contributed by atoms with E-state index in [1.807, 2.05) is 6.92 Å². The Hall–Kier alpha value is -0.940. The van der Waals surface area contributed by atoms with Crippen LogP contribution in [0.5, 0.6) is 0 Å². The molecule has 1 N–H and O–H groups in total. The van der Waals surface area contributed by atoms with Crippen molar-refractivity contribution in [2.45, 2.75) is 18.2 Å². The molecule has 0 fully saturated rings. The lowest BCUT2D eigenvalue weighted by molar-refractivity contribution is 0.0951. The first-order valence-electron chi connectivity index (χ1n) is 5.47. The van der Waals surface area contributed by atoms with Crippen molar-refractivity contribution in [2.75, 3.05) is 20.3 Å². The maximum atomic E-state index is 11.8. The van der Waals surface area contributed by atoms with Gasteiger partial charge in [0.2, 0.25) is 0 Å². The average molecular weight is 301 g/mol. The molecule has 0 radical (unpaired) electrons. The highest BCUT2D eigenvalue weighted by Gasteiger charge is 2.07. The fourth-order valence-electron chi connectivity index (χ4n) is 1.40. The van der Waals surface area contributed by atoms with E-state index >= 15 is 0 Å². The van der Waals surface area contributed by atoms with E-state index in [0.29, 0.717) is 18.7 Å². The normalized spacial score (nSPS) is 12.2. The summed E-state index contributed by atoms with van der Waals surface area (Å²) in [5.41, 5.74) is 1.49. The molecule has 17 heavy (non-hydrogen) atoms. The number of halogens is 1. The lowest BCUT2D eigenvalue weighted by Gasteiger charge is -2.09. The van der Waals surface area contributed by atoms with Gasteiger partial charge in [-0.3, -0.25) is 9.78 Å². The number of methoxy groups -OCH3 is 1. The van der Waals surface area contributed by atoms with Crippen molar-refractivity contribution in [3.8, 4) is 0 Å². The van der Waals surface area contributed by atoms with Crippen LogP contribution >= 0.6 is 15.9 Å². The van der Waals surface area contributed by atoms with Gasteiger partial charge >= 0.3 is 0 Å². The van der Waals surface area contributed by atoms with Crippen LogP contribution in [0.25, 0.3) is 0 Å². The number of alkyl halides is 1. The maximum Gasteiger partial charge on any atom is 0.251 e. The van der Waals surface area contributed by atoms with E-state index in [1.54, 1.807) is 25.4 Å². The molecule has 0 bridgehead atoms. The highest BCUT2D eigenvalue weighted by Crippen LogP contribution is 2.05. The third kappa shape index (κ3) is 5.28. The predicted octanol–water partition coefficient (Wildman–Crippen LogP) is 1.92. The van der Waals surface area contributed by atoms with Crippen molar-refractivity contribution in [2.24, 2.45) is 0 Å². The number of ether oxygens (including phenoxy) is 1. The van der Waals surface area contributed by atoms with E-state index in [4.69, 9.17) is 4.74 Å². The number of amides is 1. The van der Waals surface area contributed by atoms with Crippen molar-refractivity contribution in [1.29, 1.82) is 0 Å². The average Bonchev–Trinajstić information content (AvgIpc) is 2.29. The van der Waals surface area contributed by atoms with Crippen LogP contribution in [0.15, 0.2) is 18.3 Å². The summed E-state index contributed by atoms with van der Waals surface area (Å²) in [7, 11) is 1.66. The number of hydrogen-bond donors (Lipinski definition) is 1. The molecule has 1 rings (SSSR count). The number of aromatic nitrogens is 1. The van der Waals surface area contributed by atoms with E-state index in [0.717, 1.165) is 12.1 Å². The molecule has 1 aromatic rings. The SMILES string of the molecule is COCC(Br)CCNC(=O)c1ccnc(C)c1. The maximum absolute atomic E-state index is 11.8. The summed E-state index contributed by atoms with van der Waals surface area (Å²) in [6, 6.07) is 3.49. The van der Waals surface area contributed by atoms with Crippen molar-refractivity contribution in [1.82, 2.24) is 10.3 Å². The molecular formula is C12H17BrN2O2. The summed E-state index contributed by atoms with van der Waals surface area (Å²) < 4.78 is 4.99. The second-order valence-corrected chi connectivity index (χ2v) is 5.08. The quantitative estimate of drug-likeness (QED) is 0.817. The molecule has 5 heteroatoms. The number of nitrogens with one attached hydrogen (secondary N) is 1. The molecule has 0 aromatic carbocycles. The van der Waals surface area contributed by atoms with Crippen molar-refractivity contribution < 1.29 is 9.53 Å². The molecule has 0 spiro atoms. The molecule has 1 heterocycles. The van der Waals surface area contributed by atoms with Crippen LogP contribution < -0.4 is 5.32 Å². The molecule has 1 aromatic heterocycles. The second-order valence-electron chi connectivity index (χ2n) is 3.78. The van der Waals surface area contributed by atoms with Gasteiger partial charge in [-0.1, -0.05) is 15.9 Å². The van der Waals surface area contributed by atoms with Crippen LogP contribution in [0.3, 0.4) is 0 Å². The molecule has 0 aliphatic heterocycles. The Bertz CT molecular complexity index is 371. The van der Waals surface area contributed by atoms with Crippen molar-refractivity contribution in [3.05, 3.63) is 29.6 Å². The first-order chi connectivity index (χ1) is 8.13. The number of rotatable bonds is 6. The van der Waals surface area contributed by atoms with Crippen LogP contribution in [0.2, 0.25) is 0 Å². The molecule has 4 nitrogen and oxygen atoms in total. The number of nitrogens with zero attached hydrogens (tertiary/aromatic N) is 1. The molecular weight excluding hydrogens is 284 g/mol. The monoisotopic (exact) mass is 300 g/mol. The van der Waals surface area contributed by atoms with Gasteiger partial charge in [0.25, 0.3) is 5.91 Å². The Morgan fingerprint density at radius 2 is 2.41 bits per heavy atom. The first kappa shape index (κ1) is 14.1. The first-order valence-corrected chi connectivity index (χ1v) is 6.39. The third-order valence-electron chi connectivity index (χ3n) is 2.25. The van der Waals surface area contributed by atoms with Crippen LogP contribution in [-0.2, 0) is 4.74 Å². The summed E-state index contributed by atoms with van der Waals surface area (Å²) in [6.07, 6.45) is 2.48. The zero-order valence-electron chi connectivity index (χ0n) is 10.1. The zero-order valence-corrected chi connectivity index (χ0v) is 11.7. The summed E-state index contributed by atoms with van der Waals surface area (Å²) in [5.74, 6) is -0.0624. The lowest BCUT2D eigenvalue weighted by atomic mass is 10.2. The number of pyridine rings is 1. The van der Waals surface area contributed by atoms with E-state index < -0.39 is 0 Å². The molecule has 94 valence electrons. The van der Waals surface area contributed by atoms with Gasteiger partial charge in [0.15, 0.2) is 0 Å².